The van der Waals surface area contributed by atoms with Gasteiger partial charge in [-0.05, 0) is 48.9 Å². The summed E-state index contributed by atoms with van der Waals surface area (Å²) in [4.78, 5) is 11.6. The van der Waals surface area contributed by atoms with Crippen molar-refractivity contribution in [2.75, 3.05) is 31.3 Å². The van der Waals surface area contributed by atoms with Crippen LogP contribution in [0.3, 0.4) is 0 Å². The zero-order valence-electron chi connectivity index (χ0n) is 20.8. The third kappa shape index (κ3) is 5.17. The minimum Gasteiger partial charge on any atom is -0.305 e. The summed E-state index contributed by atoms with van der Waals surface area (Å²) < 4.78 is 54.8. The summed E-state index contributed by atoms with van der Waals surface area (Å²) in [5.74, 6) is 1.32. The molecule has 1 atom stereocenters. The van der Waals surface area contributed by atoms with Gasteiger partial charge in [0, 0.05) is 43.5 Å². The maximum Gasteiger partial charge on any atom is 0.416 e. The summed E-state index contributed by atoms with van der Waals surface area (Å²) >= 11 is 1.44. The summed E-state index contributed by atoms with van der Waals surface area (Å²) in [5, 5.41) is 2.59. The number of thiazole rings is 1. The first-order valence-corrected chi connectivity index (χ1v) is 14.5. The van der Waals surface area contributed by atoms with Crippen molar-refractivity contribution >= 4 is 38.9 Å². The molecule has 4 heterocycles. The maximum atomic E-state index is 12.9. The molecule has 0 aliphatic carbocycles. The standard InChI is InChI=1S/C26H28F3N5OS2/c1-4-21-24(32(2)25-31-22(16-36-25)18-5-8-20(9-6-18)26(27,28)29)34-15-19(7-10-23(34)30-21)17-11-13-33(14-12-17)37(3)35/h5-10,15-17H,4,11-14H2,1-3H3. The lowest BCUT2D eigenvalue weighted by Gasteiger charge is -2.30. The number of piperidine rings is 1. The molecule has 4 aromatic rings. The van der Waals surface area contributed by atoms with Gasteiger partial charge < -0.3 is 4.90 Å². The summed E-state index contributed by atoms with van der Waals surface area (Å²) in [6, 6.07) is 9.27. The number of halogens is 3. The zero-order chi connectivity index (χ0) is 26.3. The number of nitrogens with zero attached hydrogens (tertiary/aromatic N) is 5. The number of hydrogen-bond donors (Lipinski definition) is 0. The van der Waals surface area contributed by atoms with Crippen molar-refractivity contribution in [3.05, 3.63) is 64.8 Å². The van der Waals surface area contributed by atoms with E-state index in [-0.39, 0.29) is 0 Å². The Bertz CT molecular complexity index is 1420. The average Bonchev–Trinajstić information content (AvgIpc) is 3.53. The second kappa shape index (κ2) is 10.2. The van der Waals surface area contributed by atoms with E-state index in [2.05, 4.69) is 23.6 Å². The van der Waals surface area contributed by atoms with Crippen LogP contribution < -0.4 is 4.90 Å². The molecule has 0 radical (unpaired) electrons. The molecule has 3 aromatic heterocycles. The lowest BCUT2D eigenvalue weighted by molar-refractivity contribution is -0.137. The molecule has 0 spiro atoms. The van der Waals surface area contributed by atoms with E-state index >= 15 is 0 Å². The largest absolute Gasteiger partial charge is 0.416 e. The highest BCUT2D eigenvalue weighted by molar-refractivity contribution is 7.81. The number of fused-ring (bicyclic) bond motifs is 1. The minimum absolute atomic E-state index is 0.390. The van der Waals surface area contributed by atoms with Crippen molar-refractivity contribution in [1.82, 2.24) is 18.7 Å². The van der Waals surface area contributed by atoms with Crippen molar-refractivity contribution in [2.45, 2.75) is 38.3 Å². The highest BCUT2D eigenvalue weighted by Gasteiger charge is 2.30. The summed E-state index contributed by atoms with van der Waals surface area (Å²) in [7, 11) is 1.01. The van der Waals surface area contributed by atoms with Crippen molar-refractivity contribution in [1.29, 1.82) is 0 Å². The fourth-order valence-electron chi connectivity index (χ4n) is 4.85. The van der Waals surface area contributed by atoms with Crippen LogP contribution in [0.4, 0.5) is 24.1 Å². The predicted molar refractivity (Wildman–Crippen MR) is 143 cm³/mol. The lowest BCUT2D eigenvalue weighted by Crippen LogP contribution is -2.33. The highest BCUT2D eigenvalue weighted by Crippen LogP contribution is 2.36. The number of aryl methyl sites for hydroxylation is 1. The monoisotopic (exact) mass is 547 g/mol. The smallest absolute Gasteiger partial charge is 0.305 e. The first-order chi connectivity index (χ1) is 17.7. The third-order valence-corrected chi connectivity index (χ3v) is 8.92. The van der Waals surface area contributed by atoms with Gasteiger partial charge in [0.05, 0.1) is 27.9 Å². The van der Waals surface area contributed by atoms with Gasteiger partial charge in [0.1, 0.15) is 11.5 Å². The molecule has 6 nitrogen and oxygen atoms in total. The second-order valence-corrected chi connectivity index (χ2v) is 11.4. The van der Waals surface area contributed by atoms with Crippen LogP contribution in [0.5, 0.6) is 0 Å². The number of anilines is 2. The Morgan fingerprint density at radius 3 is 2.43 bits per heavy atom. The molecule has 1 aliphatic rings. The summed E-state index contributed by atoms with van der Waals surface area (Å²) in [6.07, 6.45) is 2.17. The molecule has 196 valence electrons. The number of rotatable bonds is 6. The van der Waals surface area contributed by atoms with Gasteiger partial charge in [-0.1, -0.05) is 25.1 Å². The van der Waals surface area contributed by atoms with Crippen LogP contribution in [0, 0.1) is 0 Å². The van der Waals surface area contributed by atoms with E-state index in [1.54, 1.807) is 6.26 Å². The van der Waals surface area contributed by atoms with Crippen molar-refractivity contribution in [3.63, 3.8) is 0 Å². The number of imidazole rings is 1. The fourth-order valence-corrected chi connectivity index (χ4v) is 6.38. The molecule has 0 bridgehead atoms. The molecule has 1 aliphatic heterocycles. The summed E-state index contributed by atoms with van der Waals surface area (Å²) in [6.45, 7) is 3.69. The van der Waals surface area contributed by atoms with Crippen LogP contribution >= 0.6 is 11.3 Å². The van der Waals surface area contributed by atoms with Gasteiger partial charge in [0.2, 0.25) is 0 Å². The van der Waals surface area contributed by atoms with E-state index in [4.69, 9.17) is 9.97 Å². The van der Waals surface area contributed by atoms with Gasteiger partial charge in [-0.3, -0.25) is 4.40 Å². The Morgan fingerprint density at radius 2 is 1.81 bits per heavy atom. The second-order valence-electron chi connectivity index (χ2n) is 9.20. The fraction of sp³-hybridized carbons (Fsp3) is 0.385. The van der Waals surface area contributed by atoms with E-state index < -0.39 is 22.7 Å². The number of pyridine rings is 1. The molecule has 0 amide bonds. The van der Waals surface area contributed by atoms with Crippen LogP contribution in [0.1, 0.15) is 42.5 Å². The van der Waals surface area contributed by atoms with Gasteiger partial charge >= 0.3 is 6.18 Å². The zero-order valence-corrected chi connectivity index (χ0v) is 22.5. The predicted octanol–water partition coefficient (Wildman–Crippen LogP) is 6.28. The molecule has 1 aromatic carbocycles. The molecule has 0 saturated carbocycles. The molecule has 1 unspecified atom stereocenters. The average molecular weight is 548 g/mol. The van der Waals surface area contributed by atoms with Crippen LogP contribution in [0.25, 0.3) is 16.9 Å². The molecule has 37 heavy (non-hydrogen) atoms. The SMILES string of the molecule is CCc1nc2ccc(C3CCN(S(C)=O)CC3)cn2c1N(C)c1nc(-c2ccc(C(F)(F)F)cc2)cs1. The minimum atomic E-state index is -4.36. The number of aromatic nitrogens is 3. The number of hydrogen-bond acceptors (Lipinski definition) is 5. The van der Waals surface area contributed by atoms with Crippen molar-refractivity contribution < 1.29 is 17.4 Å². The van der Waals surface area contributed by atoms with Gasteiger partial charge in [0.15, 0.2) is 5.13 Å². The van der Waals surface area contributed by atoms with Crippen LogP contribution in [-0.4, -0.2) is 49.3 Å². The van der Waals surface area contributed by atoms with E-state index in [0.717, 1.165) is 66.8 Å². The highest BCUT2D eigenvalue weighted by atomic mass is 32.2. The Hall–Kier alpha value is -2.76. The Balaban J connectivity index is 1.44. The van der Waals surface area contributed by atoms with Crippen LogP contribution in [0.15, 0.2) is 48.0 Å². The van der Waals surface area contributed by atoms with E-state index in [0.29, 0.717) is 17.2 Å². The van der Waals surface area contributed by atoms with E-state index in [9.17, 15) is 17.4 Å². The molecule has 11 heteroatoms. The van der Waals surface area contributed by atoms with Crippen LogP contribution in [0.2, 0.25) is 0 Å². The third-order valence-electron chi connectivity index (χ3n) is 6.91. The van der Waals surface area contributed by atoms with Crippen molar-refractivity contribution in [2.24, 2.45) is 0 Å². The van der Waals surface area contributed by atoms with Gasteiger partial charge in [-0.25, -0.2) is 18.5 Å². The molecule has 1 fully saturated rings. The van der Waals surface area contributed by atoms with E-state index in [1.165, 1.54) is 29.0 Å². The van der Waals surface area contributed by atoms with Gasteiger partial charge in [-0.15, -0.1) is 11.3 Å². The van der Waals surface area contributed by atoms with Gasteiger partial charge in [-0.2, -0.15) is 13.2 Å². The quantitative estimate of drug-likeness (QED) is 0.285. The maximum absolute atomic E-state index is 12.9. The van der Waals surface area contributed by atoms with Gasteiger partial charge in [0.25, 0.3) is 0 Å². The number of benzene rings is 1. The topological polar surface area (TPSA) is 53.7 Å². The van der Waals surface area contributed by atoms with E-state index in [1.807, 2.05) is 27.7 Å². The van der Waals surface area contributed by atoms with Crippen molar-refractivity contribution in [3.8, 4) is 11.3 Å². The molecule has 1 saturated heterocycles. The Kier molecular flexibility index (Phi) is 7.12. The molecule has 5 rings (SSSR count). The molecule has 0 N–H and O–H groups in total. The number of alkyl halides is 3. The van der Waals surface area contributed by atoms with Crippen LogP contribution in [-0.2, 0) is 23.6 Å². The Labute approximate surface area is 220 Å². The molecular weight excluding hydrogens is 519 g/mol. The first-order valence-electron chi connectivity index (χ1n) is 12.1. The Morgan fingerprint density at radius 1 is 1.11 bits per heavy atom. The normalized spacial score (nSPS) is 16.4. The lowest BCUT2D eigenvalue weighted by atomic mass is 9.91. The summed E-state index contributed by atoms with van der Waals surface area (Å²) in [5.41, 5.74) is 3.63. The molecular formula is C26H28F3N5OS2. The first kappa shape index (κ1) is 25.9.